The molecule has 49 heavy (non-hydrogen) atoms. The van der Waals surface area contributed by atoms with Crippen LogP contribution in [0.2, 0.25) is 0 Å². The third-order valence-corrected chi connectivity index (χ3v) is 10.2. The molecule has 10 aromatic rings. The third-order valence-electron chi connectivity index (χ3n) is 10.2. The average molecular weight is 621 g/mol. The molecule has 0 saturated heterocycles. The Kier molecular flexibility index (Phi) is 5.97. The van der Waals surface area contributed by atoms with Gasteiger partial charge in [-0.25, -0.2) is 0 Å². The molecule has 2 nitrogen and oxygen atoms in total. The summed E-state index contributed by atoms with van der Waals surface area (Å²) >= 11 is 0. The first-order valence-corrected chi connectivity index (χ1v) is 16.7. The highest BCUT2D eigenvalue weighted by Crippen LogP contribution is 2.46. The maximum atomic E-state index is 9.91. The van der Waals surface area contributed by atoms with E-state index in [-0.39, 0.29) is 0 Å². The molecule has 9 aromatic carbocycles. The van der Waals surface area contributed by atoms with Gasteiger partial charge in [0.25, 0.3) is 0 Å². The van der Waals surface area contributed by atoms with Crippen molar-refractivity contribution in [3.05, 3.63) is 175 Å². The molecule has 226 valence electrons. The van der Waals surface area contributed by atoms with Crippen LogP contribution in [0.1, 0.15) is 5.56 Å². The first kappa shape index (κ1) is 27.4. The van der Waals surface area contributed by atoms with E-state index in [0.717, 1.165) is 33.1 Å². The van der Waals surface area contributed by atoms with Gasteiger partial charge in [0.15, 0.2) is 0 Å². The van der Waals surface area contributed by atoms with E-state index >= 15 is 0 Å². The fourth-order valence-electron chi connectivity index (χ4n) is 8.02. The molecule has 0 bridgehead atoms. The normalized spacial score (nSPS) is 11.7. The van der Waals surface area contributed by atoms with E-state index in [9.17, 15) is 5.26 Å². The molecule has 1 aromatic heterocycles. The molecule has 2 heteroatoms. The fraction of sp³-hybridized carbons (Fsp3) is 0. The maximum absolute atomic E-state index is 9.91. The van der Waals surface area contributed by atoms with Crippen LogP contribution < -0.4 is 0 Å². The Bertz CT molecular complexity index is 2950. The zero-order valence-electron chi connectivity index (χ0n) is 26.6. The predicted octanol–water partition coefficient (Wildman–Crippen LogP) is 12.6. The van der Waals surface area contributed by atoms with Crippen LogP contribution in [-0.4, -0.2) is 4.57 Å². The molecule has 0 atom stereocenters. The van der Waals surface area contributed by atoms with Crippen molar-refractivity contribution in [2.45, 2.75) is 0 Å². The molecule has 0 unspecified atom stereocenters. The number of nitriles is 1. The summed E-state index contributed by atoms with van der Waals surface area (Å²) in [6.45, 7) is 0. The number of hydrogen-bond donors (Lipinski definition) is 0. The summed E-state index contributed by atoms with van der Waals surface area (Å²) in [5, 5.41) is 21.9. The second-order valence-electron chi connectivity index (χ2n) is 12.8. The van der Waals surface area contributed by atoms with Crippen LogP contribution in [0.15, 0.2) is 170 Å². The van der Waals surface area contributed by atoms with Gasteiger partial charge in [-0.3, -0.25) is 0 Å². The summed E-state index contributed by atoms with van der Waals surface area (Å²) in [6, 6.07) is 63.4. The Morgan fingerprint density at radius 2 is 0.959 bits per heavy atom. The monoisotopic (exact) mass is 620 g/mol. The molecule has 0 N–H and O–H groups in total. The molecule has 10 rings (SSSR count). The maximum Gasteiger partial charge on any atom is 0.0991 e. The van der Waals surface area contributed by atoms with Crippen LogP contribution in [0.5, 0.6) is 0 Å². The highest BCUT2D eigenvalue weighted by atomic mass is 15.0. The van der Waals surface area contributed by atoms with Crippen LogP contribution in [-0.2, 0) is 0 Å². The molecule has 0 radical (unpaired) electrons. The standard InChI is InChI=1S/C47H28N2/c48-29-30-20-24-44-42(26-30)43-28-34(22-25-45(43)49(44)35-23-21-31-10-1-2-12-33(31)27-35)46-38-15-5-7-17-40(38)47(41-18-8-6-16-39(41)46)37-19-9-13-32-11-3-4-14-36(32)37/h1-28H. The van der Waals surface area contributed by atoms with Crippen molar-refractivity contribution < 1.29 is 0 Å². The molecule has 0 fully saturated rings. The topological polar surface area (TPSA) is 28.7 Å². The summed E-state index contributed by atoms with van der Waals surface area (Å²) in [5.74, 6) is 0. The molecule has 0 aliphatic heterocycles. The van der Waals surface area contributed by atoms with Gasteiger partial charge in [-0.1, -0.05) is 127 Å². The zero-order chi connectivity index (χ0) is 32.5. The van der Waals surface area contributed by atoms with E-state index < -0.39 is 0 Å². The number of rotatable bonds is 3. The smallest absolute Gasteiger partial charge is 0.0991 e. The van der Waals surface area contributed by atoms with E-state index in [4.69, 9.17) is 0 Å². The number of hydrogen-bond acceptors (Lipinski definition) is 1. The molecule has 0 amide bonds. The quantitative estimate of drug-likeness (QED) is 0.181. The van der Waals surface area contributed by atoms with E-state index in [0.29, 0.717) is 5.56 Å². The third kappa shape index (κ3) is 4.13. The van der Waals surface area contributed by atoms with Crippen LogP contribution in [0.25, 0.3) is 92.8 Å². The van der Waals surface area contributed by atoms with Crippen molar-refractivity contribution in [1.29, 1.82) is 5.26 Å². The summed E-state index contributed by atoms with van der Waals surface area (Å²) in [5.41, 5.74) is 8.85. The molecule has 0 spiro atoms. The van der Waals surface area contributed by atoms with Crippen molar-refractivity contribution in [2.24, 2.45) is 0 Å². The number of aromatic nitrogens is 1. The first-order valence-electron chi connectivity index (χ1n) is 16.7. The van der Waals surface area contributed by atoms with Crippen LogP contribution in [0.4, 0.5) is 0 Å². The number of nitrogens with zero attached hydrogens (tertiary/aromatic N) is 2. The fourth-order valence-corrected chi connectivity index (χ4v) is 8.02. The largest absolute Gasteiger partial charge is 0.309 e. The van der Waals surface area contributed by atoms with Gasteiger partial charge >= 0.3 is 0 Å². The Morgan fingerprint density at radius 3 is 1.67 bits per heavy atom. The number of fused-ring (bicyclic) bond motifs is 7. The second-order valence-corrected chi connectivity index (χ2v) is 12.8. The highest BCUT2D eigenvalue weighted by molar-refractivity contribution is 6.24. The van der Waals surface area contributed by atoms with E-state index in [2.05, 4.69) is 168 Å². The van der Waals surface area contributed by atoms with Crippen molar-refractivity contribution in [3.63, 3.8) is 0 Å². The van der Waals surface area contributed by atoms with E-state index in [1.807, 2.05) is 12.1 Å². The van der Waals surface area contributed by atoms with Gasteiger partial charge in [0, 0.05) is 16.5 Å². The zero-order valence-corrected chi connectivity index (χ0v) is 26.6. The number of benzene rings is 9. The van der Waals surface area contributed by atoms with Gasteiger partial charge in [0.1, 0.15) is 0 Å². The van der Waals surface area contributed by atoms with E-state index in [1.165, 1.54) is 59.8 Å². The van der Waals surface area contributed by atoms with Crippen molar-refractivity contribution >= 4 is 64.9 Å². The van der Waals surface area contributed by atoms with Gasteiger partial charge in [0.2, 0.25) is 0 Å². The van der Waals surface area contributed by atoms with Gasteiger partial charge in [-0.05, 0) is 108 Å². The van der Waals surface area contributed by atoms with Gasteiger partial charge in [-0.15, -0.1) is 0 Å². The first-order chi connectivity index (χ1) is 24.3. The van der Waals surface area contributed by atoms with E-state index in [1.54, 1.807) is 0 Å². The molecule has 0 aliphatic carbocycles. The van der Waals surface area contributed by atoms with Crippen molar-refractivity contribution in [1.82, 2.24) is 4.57 Å². The molecule has 0 aliphatic rings. The predicted molar refractivity (Wildman–Crippen MR) is 206 cm³/mol. The Hall–Kier alpha value is -6.69. The molecule has 0 saturated carbocycles. The van der Waals surface area contributed by atoms with Gasteiger partial charge in [-0.2, -0.15) is 5.26 Å². The van der Waals surface area contributed by atoms with Gasteiger partial charge < -0.3 is 4.57 Å². The summed E-state index contributed by atoms with van der Waals surface area (Å²) < 4.78 is 2.34. The second kappa shape index (κ2) is 10.7. The molecule has 1 heterocycles. The minimum atomic E-state index is 0.658. The average Bonchev–Trinajstić information content (AvgIpc) is 3.49. The SMILES string of the molecule is N#Cc1ccc2c(c1)c1cc(-c3c4ccccc4c(-c4cccc5ccccc45)c4ccccc34)ccc1n2-c1ccc2ccccc2c1. The minimum Gasteiger partial charge on any atom is -0.309 e. The lowest BCUT2D eigenvalue weighted by atomic mass is 9.84. The van der Waals surface area contributed by atoms with Crippen LogP contribution in [0.3, 0.4) is 0 Å². The minimum absolute atomic E-state index is 0.658. The Morgan fingerprint density at radius 1 is 0.388 bits per heavy atom. The van der Waals surface area contributed by atoms with Crippen LogP contribution in [0, 0.1) is 11.3 Å². The lowest BCUT2D eigenvalue weighted by Crippen LogP contribution is -1.94. The summed E-state index contributed by atoms with van der Waals surface area (Å²) in [6.07, 6.45) is 0. The molecular formula is C47H28N2. The van der Waals surface area contributed by atoms with Crippen LogP contribution >= 0.6 is 0 Å². The Balaban J connectivity index is 1.29. The summed E-state index contributed by atoms with van der Waals surface area (Å²) in [7, 11) is 0. The lowest BCUT2D eigenvalue weighted by Gasteiger charge is -2.19. The van der Waals surface area contributed by atoms with Crippen molar-refractivity contribution in [2.75, 3.05) is 0 Å². The van der Waals surface area contributed by atoms with Gasteiger partial charge in [0.05, 0.1) is 22.7 Å². The van der Waals surface area contributed by atoms with Crippen molar-refractivity contribution in [3.8, 4) is 34.0 Å². The molecular weight excluding hydrogens is 593 g/mol. The Labute approximate surface area is 283 Å². The lowest BCUT2D eigenvalue weighted by molar-refractivity contribution is 1.19. The highest BCUT2D eigenvalue weighted by Gasteiger charge is 2.20. The summed E-state index contributed by atoms with van der Waals surface area (Å²) in [4.78, 5) is 0.